The number of carbonyl (C=O) groups is 2. The van der Waals surface area contributed by atoms with Gasteiger partial charge in [0, 0.05) is 12.8 Å². The molecule has 0 aliphatic carbocycles. The van der Waals surface area contributed by atoms with Crippen LogP contribution in [0.2, 0.25) is 0 Å². The summed E-state index contributed by atoms with van der Waals surface area (Å²) >= 11 is 0. The van der Waals surface area contributed by atoms with E-state index in [4.69, 9.17) is 13.8 Å². The van der Waals surface area contributed by atoms with Crippen molar-refractivity contribution < 1.29 is 37.3 Å². The Hall–Kier alpha value is -2.03. The van der Waals surface area contributed by atoms with Crippen LogP contribution in [-0.4, -0.2) is 74.3 Å². The predicted molar refractivity (Wildman–Crippen MR) is 355 cm³/mol. The zero-order valence-corrected chi connectivity index (χ0v) is 56.1. The highest BCUT2D eigenvalue weighted by atomic mass is 31.2. The summed E-state index contributed by atoms with van der Waals surface area (Å²) < 4.78 is 30.8. The number of amides is 1. The summed E-state index contributed by atoms with van der Waals surface area (Å²) in [6, 6.07) is -0.847. The number of rotatable bonds is 65. The molecule has 0 aromatic heterocycles. The number of phosphoric acid groups is 1. The molecule has 1 amide bonds. The van der Waals surface area contributed by atoms with Crippen LogP contribution < -0.4 is 5.32 Å². The molecule has 9 nitrogen and oxygen atoms in total. The van der Waals surface area contributed by atoms with Gasteiger partial charge in [-0.3, -0.25) is 18.6 Å². The van der Waals surface area contributed by atoms with Crippen molar-refractivity contribution in [2.45, 2.75) is 360 Å². The molecule has 0 fully saturated rings. The van der Waals surface area contributed by atoms with Crippen LogP contribution in [0.1, 0.15) is 348 Å². The van der Waals surface area contributed by atoms with Gasteiger partial charge in [-0.05, 0) is 70.3 Å². The molecule has 2 N–H and O–H groups in total. The predicted octanol–water partition coefficient (Wildman–Crippen LogP) is 22.4. The first-order chi connectivity index (χ1) is 39.9. The lowest BCUT2D eigenvalue weighted by molar-refractivity contribution is -0.870. The Morgan fingerprint density at radius 2 is 0.744 bits per heavy atom. The fourth-order valence-electron chi connectivity index (χ4n) is 10.5. The first-order valence-electron chi connectivity index (χ1n) is 35.5. The lowest BCUT2D eigenvalue weighted by Crippen LogP contribution is -2.47. The van der Waals surface area contributed by atoms with Crippen molar-refractivity contribution in [3.63, 3.8) is 0 Å². The van der Waals surface area contributed by atoms with E-state index in [1.807, 2.05) is 33.3 Å². The van der Waals surface area contributed by atoms with Gasteiger partial charge in [-0.2, -0.15) is 0 Å². The molecule has 0 saturated heterocycles. The minimum atomic E-state index is -4.45. The molecule has 0 spiro atoms. The zero-order chi connectivity index (χ0) is 60.0. The number of unbranched alkanes of at least 4 members (excludes halogenated alkanes) is 43. The van der Waals surface area contributed by atoms with Gasteiger partial charge >= 0.3 is 13.8 Å². The monoisotopic (exact) mass is 1170 g/mol. The number of hydrogen-bond donors (Lipinski definition) is 2. The van der Waals surface area contributed by atoms with Gasteiger partial charge in [0.25, 0.3) is 0 Å². The van der Waals surface area contributed by atoms with Crippen LogP contribution in [0.25, 0.3) is 0 Å². The fraction of sp³-hybridized carbons (Fsp3) is 0.861. The lowest BCUT2D eigenvalue weighted by atomic mass is 10.0. The first kappa shape index (κ1) is 80.0. The number of phosphoric ester groups is 1. The standard InChI is InChI=1S/C72H137N2O7P/c1-7-10-13-16-19-22-25-28-30-32-34-35-36-37-38-39-41-43-45-47-50-53-56-59-62-65-72(76)81-70(63-60-57-54-51-48-27-24-21-18-15-12-9-3)69(68-80-82(77,78)79-67-66-74(4,5)6)73-71(75)64-61-58-55-52-49-46-44-42-40-33-31-29-26-23-20-17-14-11-8-2/h19,22,28,30,34-35,60,63,69-70H,7-18,20-21,23-27,29,31-33,36-59,61-62,64-68H2,1-6H3,(H-,73,75,77,78)/p+1/b22-19-,30-28-,35-34-,63-60+. The number of carbonyl (C=O) groups excluding carboxylic acids is 2. The van der Waals surface area contributed by atoms with Crippen molar-refractivity contribution in [3.05, 3.63) is 48.6 Å². The van der Waals surface area contributed by atoms with Gasteiger partial charge in [0.2, 0.25) is 5.91 Å². The van der Waals surface area contributed by atoms with Gasteiger partial charge in [-0.25, -0.2) is 4.57 Å². The number of allylic oxidation sites excluding steroid dienone is 7. The van der Waals surface area contributed by atoms with E-state index < -0.39 is 20.0 Å². The smallest absolute Gasteiger partial charge is 0.456 e. The van der Waals surface area contributed by atoms with E-state index in [9.17, 15) is 19.0 Å². The molecule has 0 aromatic carbocycles. The van der Waals surface area contributed by atoms with E-state index >= 15 is 0 Å². The van der Waals surface area contributed by atoms with Crippen LogP contribution in [0.3, 0.4) is 0 Å². The summed E-state index contributed by atoms with van der Waals surface area (Å²) in [4.78, 5) is 37.9. The molecule has 0 aromatic rings. The average Bonchev–Trinajstić information content (AvgIpc) is 3.44. The minimum Gasteiger partial charge on any atom is -0.456 e. The SMILES string of the molecule is CCCCC/C=C\C/C=C\C/C=C\CCCCCCCCCCCCCCC(=O)OC(/C=C/CCCCCCCCCCCC)C(COP(=O)(O)OCC[N+](C)(C)C)NC(=O)CCCCCCCCCCCCCCCCCCCCC. The topological polar surface area (TPSA) is 111 Å². The summed E-state index contributed by atoms with van der Waals surface area (Å²) in [7, 11) is 1.51. The molecule has 482 valence electrons. The van der Waals surface area contributed by atoms with E-state index in [0.717, 1.165) is 70.6 Å². The van der Waals surface area contributed by atoms with E-state index in [2.05, 4.69) is 62.5 Å². The lowest BCUT2D eigenvalue weighted by Gasteiger charge is -2.27. The Kier molecular flexibility index (Phi) is 60.5. The Morgan fingerprint density at radius 3 is 1.13 bits per heavy atom. The quantitative estimate of drug-likeness (QED) is 0.0205. The third kappa shape index (κ3) is 62.5. The highest BCUT2D eigenvalue weighted by Crippen LogP contribution is 2.43. The summed E-state index contributed by atoms with van der Waals surface area (Å²) in [5.41, 5.74) is 0. The highest BCUT2D eigenvalue weighted by molar-refractivity contribution is 7.47. The maximum atomic E-state index is 13.6. The highest BCUT2D eigenvalue weighted by Gasteiger charge is 2.30. The number of quaternary nitrogens is 1. The molecule has 0 radical (unpaired) electrons. The van der Waals surface area contributed by atoms with Crippen LogP contribution in [0, 0.1) is 0 Å². The zero-order valence-electron chi connectivity index (χ0n) is 55.2. The number of hydrogen-bond acceptors (Lipinski definition) is 6. The van der Waals surface area contributed by atoms with Crippen molar-refractivity contribution in [3.8, 4) is 0 Å². The van der Waals surface area contributed by atoms with Gasteiger partial charge in [-0.1, -0.05) is 314 Å². The van der Waals surface area contributed by atoms with Crippen molar-refractivity contribution >= 4 is 19.7 Å². The summed E-state index contributed by atoms with van der Waals surface area (Å²) in [5, 5.41) is 3.07. The Bertz CT molecular complexity index is 1540. The number of esters is 1. The van der Waals surface area contributed by atoms with Crippen molar-refractivity contribution in [2.24, 2.45) is 0 Å². The maximum absolute atomic E-state index is 13.6. The molecule has 0 bridgehead atoms. The second-order valence-electron chi connectivity index (χ2n) is 25.4. The molecular weight excluding hydrogens is 1040 g/mol. The normalized spacial score (nSPS) is 13.8. The average molecular weight is 1170 g/mol. The van der Waals surface area contributed by atoms with Crippen molar-refractivity contribution in [2.75, 3.05) is 40.9 Å². The van der Waals surface area contributed by atoms with Gasteiger partial charge in [0.1, 0.15) is 19.3 Å². The number of likely N-dealkylation sites (N-methyl/N-ethyl adjacent to an activating group) is 1. The third-order valence-electron chi connectivity index (χ3n) is 16.0. The summed E-state index contributed by atoms with van der Waals surface area (Å²) in [6.45, 7) is 7.04. The molecule has 0 aliphatic rings. The first-order valence-corrected chi connectivity index (χ1v) is 37.0. The number of nitrogens with zero attached hydrogens (tertiary/aromatic N) is 1. The molecule has 3 atom stereocenters. The van der Waals surface area contributed by atoms with Crippen molar-refractivity contribution in [1.29, 1.82) is 0 Å². The molecule has 0 heterocycles. The molecule has 0 rings (SSSR count). The molecule has 10 heteroatoms. The number of ether oxygens (including phenoxy) is 1. The van der Waals surface area contributed by atoms with Crippen LogP contribution in [0.4, 0.5) is 0 Å². The largest absolute Gasteiger partial charge is 0.472 e. The summed E-state index contributed by atoms with van der Waals surface area (Å²) in [5.74, 6) is -0.490. The molecule has 82 heavy (non-hydrogen) atoms. The van der Waals surface area contributed by atoms with E-state index in [1.54, 1.807) is 0 Å². The van der Waals surface area contributed by atoms with E-state index in [1.165, 1.54) is 244 Å². The van der Waals surface area contributed by atoms with Gasteiger partial charge in [0.15, 0.2) is 0 Å². The molecule has 0 saturated carbocycles. The Labute approximate surface area is 509 Å². The van der Waals surface area contributed by atoms with Gasteiger partial charge in [-0.15, -0.1) is 0 Å². The van der Waals surface area contributed by atoms with E-state index in [0.29, 0.717) is 23.9 Å². The van der Waals surface area contributed by atoms with E-state index in [-0.39, 0.29) is 25.1 Å². The van der Waals surface area contributed by atoms with Gasteiger partial charge in [0.05, 0.1) is 33.8 Å². The second kappa shape index (κ2) is 62.0. The van der Waals surface area contributed by atoms with Crippen LogP contribution in [0.5, 0.6) is 0 Å². The molecule has 0 aliphatic heterocycles. The Balaban J connectivity index is 5.05. The third-order valence-corrected chi connectivity index (χ3v) is 17.0. The van der Waals surface area contributed by atoms with Gasteiger partial charge < -0.3 is 19.4 Å². The van der Waals surface area contributed by atoms with Crippen LogP contribution in [0.15, 0.2) is 48.6 Å². The number of nitrogens with one attached hydrogen (secondary N) is 1. The summed E-state index contributed by atoms with van der Waals surface area (Å²) in [6.07, 6.45) is 78.3. The molecule has 3 unspecified atom stereocenters. The molecular formula is C72H138N2O7P+. The van der Waals surface area contributed by atoms with Crippen LogP contribution in [-0.2, 0) is 27.9 Å². The second-order valence-corrected chi connectivity index (χ2v) is 26.9. The maximum Gasteiger partial charge on any atom is 0.472 e. The van der Waals surface area contributed by atoms with Crippen LogP contribution >= 0.6 is 7.82 Å². The van der Waals surface area contributed by atoms with Crippen molar-refractivity contribution in [1.82, 2.24) is 5.32 Å². The minimum absolute atomic E-state index is 0.0421. The Morgan fingerprint density at radius 1 is 0.427 bits per heavy atom. The fourth-order valence-corrected chi connectivity index (χ4v) is 11.3.